The van der Waals surface area contributed by atoms with Gasteiger partial charge in [0.1, 0.15) is 5.75 Å². The SMILES string of the molecule is NOCCCc1ccc(O)cc1. The summed E-state index contributed by atoms with van der Waals surface area (Å²) in [7, 11) is 0. The number of rotatable bonds is 4. The van der Waals surface area contributed by atoms with Crippen LogP contribution in [0.2, 0.25) is 0 Å². The molecule has 0 aliphatic carbocycles. The van der Waals surface area contributed by atoms with E-state index in [4.69, 9.17) is 11.0 Å². The largest absolute Gasteiger partial charge is 0.508 e. The summed E-state index contributed by atoms with van der Waals surface area (Å²) in [6, 6.07) is 7.15. The second kappa shape index (κ2) is 4.74. The molecule has 0 unspecified atom stereocenters. The highest BCUT2D eigenvalue weighted by molar-refractivity contribution is 5.25. The lowest BCUT2D eigenvalue weighted by atomic mass is 10.1. The average Bonchev–Trinajstić information content (AvgIpc) is 2.09. The fourth-order valence-corrected chi connectivity index (χ4v) is 1.02. The summed E-state index contributed by atoms with van der Waals surface area (Å²) in [5.74, 6) is 5.18. The van der Waals surface area contributed by atoms with Crippen LogP contribution < -0.4 is 5.90 Å². The molecule has 66 valence electrons. The van der Waals surface area contributed by atoms with E-state index in [1.807, 2.05) is 12.1 Å². The molecule has 1 rings (SSSR count). The molecule has 3 heteroatoms. The molecule has 0 fully saturated rings. The van der Waals surface area contributed by atoms with E-state index in [0.717, 1.165) is 12.8 Å². The molecule has 0 saturated carbocycles. The number of hydrogen-bond donors (Lipinski definition) is 2. The maximum absolute atomic E-state index is 8.98. The third-order valence-electron chi connectivity index (χ3n) is 1.66. The van der Waals surface area contributed by atoms with Crippen LogP contribution in [0.25, 0.3) is 0 Å². The molecule has 0 aliphatic rings. The zero-order valence-corrected chi connectivity index (χ0v) is 6.86. The number of aryl methyl sites for hydroxylation is 1. The van der Waals surface area contributed by atoms with Gasteiger partial charge in [0.15, 0.2) is 0 Å². The van der Waals surface area contributed by atoms with Crippen molar-refractivity contribution in [3.05, 3.63) is 29.8 Å². The van der Waals surface area contributed by atoms with Crippen LogP contribution in [0, 0.1) is 0 Å². The Morgan fingerprint density at radius 1 is 1.25 bits per heavy atom. The van der Waals surface area contributed by atoms with Crippen LogP contribution in [0.15, 0.2) is 24.3 Å². The molecule has 0 radical (unpaired) electrons. The van der Waals surface area contributed by atoms with E-state index < -0.39 is 0 Å². The maximum Gasteiger partial charge on any atom is 0.115 e. The lowest BCUT2D eigenvalue weighted by molar-refractivity contribution is 0.135. The van der Waals surface area contributed by atoms with E-state index in [0.29, 0.717) is 12.4 Å². The normalized spacial score (nSPS) is 10.1. The van der Waals surface area contributed by atoms with E-state index in [-0.39, 0.29) is 0 Å². The van der Waals surface area contributed by atoms with Crippen molar-refractivity contribution in [2.75, 3.05) is 6.61 Å². The fourth-order valence-electron chi connectivity index (χ4n) is 1.02. The number of hydrogen-bond acceptors (Lipinski definition) is 3. The molecular weight excluding hydrogens is 154 g/mol. The minimum atomic E-state index is 0.300. The molecule has 3 N–H and O–H groups in total. The molecule has 0 bridgehead atoms. The highest BCUT2D eigenvalue weighted by Gasteiger charge is 1.92. The van der Waals surface area contributed by atoms with Gasteiger partial charge in [0.05, 0.1) is 6.61 Å². The van der Waals surface area contributed by atoms with E-state index in [9.17, 15) is 0 Å². The van der Waals surface area contributed by atoms with Gasteiger partial charge in [-0.1, -0.05) is 12.1 Å². The first-order valence-corrected chi connectivity index (χ1v) is 3.92. The van der Waals surface area contributed by atoms with Crippen LogP contribution in [0.4, 0.5) is 0 Å². The number of nitrogens with two attached hydrogens (primary N) is 1. The van der Waals surface area contributed by atoms with E-state index in [1.165, 1.54) is 5.56 Å². The number of aromatic hydroxyl groups is 1. The Morgan fingerprint density at radius 3 is 2.50 bits per heavy atom. The standard InChI is InChI=1S/C9H13NO2/c10-12-7-1-2-8-3-5-9(11)6-4-8/h3-6,11H,1-2,7,10H2. The fraction of sp³-hybridized carbons (Fsp3) is 0.333. The second-order valence-corrected chi connectivity index (χ2v) is 2.64. The molecule has 1 aromatic carbocycles. The molecule has 1 aromatic rings. The van der Waals surface area contributed by atoms with Gasteiger partial charge in [0.2, 0.25) is 0 Å². The summed E-state index contributed by atoms with van der Waals surface area (Å²) >= 11 is 0. The van der Waals surface area contributed by atoms with E-state index >= 15 is 0 Å². The highest BCUT2D eigenvalue weighted by atomic mass is 16.6. The average molecular weight is 167 g/mol. The van der Waals surface area contributed by atoms with Gasteiger partial charge < -0.3 is 9.94 Å². The van der Waals surface area contributed by atoms with E-state index in [1.54, 1.807) is 12.1 Å². The Balaban J connectivity index is 2.37. The van der Waals surface area contributed by atoms with Crippen molar-refractivity contribution < 1.29 is 9.94 Å². The predicted molar refractivity (Wildman–Crippen MR) is 46.6 cm³/mol. The Hall–Kier alpha value is -1.06. The topological polar surface area (TPSA) is 55.5 Å². The highest BCUT2D eigenvalue weighted by Crippen LogP contribution is 2.10. The van der Waals surface area contributed by atoms with Crippen LogP contribution in [0.3, 0.4) is 0 Å². The molecule has 0 aromatic heterocycles. The maximum atomic E-state index is 8.98. The summed E-state index contributed by atoms with van der Waals surface area (Å²) in [6.45, 7) is 0.570. The quantitative estimate of drug-likeness (QED) is 0.523. The molecule has 0 amide bonds. The van der Waals surface area contributed by atoms with Crippen LogP contribution in [-0.2, 0) is 11.3 Å². The van der Waals surface area contributed by atoms with Gasteiger partial charge in [-0.05, 0) is 30.5 Å². The first-order chi connectivity index (χ1) is 5.83. The van der Waals surface area contributed by atoms with E-state index in [2.05, 4.69) is 4.84 Å². The second-order valence-electron chi connectivity index (χ2n) is 2.64. The summed E-state index contributed by atoms with van der Waals surface area (Å²) in [6.07, 6.45) is 1.83. The molecular formula is C9H13NO2. The van der Waals surface area contributed by atoms with Crippen molar-refractivity contribution in [2.24, 2.45) is 5.90 Å². The lowest BCUT2D eigenvalue weighted by Gasteiger charge is -1.99. The minimum Gasteiger partial charge on any atom is -0.508 e. The third kappa shape index (κ3) is 2.90. The number of phenolic OH excluding ortho intramolecular Hbond substituents is 1. The molecule has 12 heavy (non-hydrogen) atoms. The molecule has 0 aliphatic heterocycles. The predicted octanol–water partition coefficient (Wildman–Crippen LogP) is 1.22. The van der Waals surface area contributed by atoms with Gasteiger partial charge in [-0.2, -0.15) is 0 Å². The summed E-state index contributed by atoms with van der Waals surface area (Å²) in [5, 5.41) is 8.98. The minimum absolute atomic E-state index is 0.300. The zero-order valence-electron chi connectivity index (χ0n) is 6.86. The monoisotopic (exact) mass is 167 g/mol. The van der Waals surface area contributed by atoms with Crippen molar-refractivity contribution >= 4 is 0 Å². The summed E-state index contributed by atoms with van der Waals surface area (Å²) < 4.78 is 0. The van der Waals surface area contributed by atoms with Gasteiger partial charge in [-0.25, -0.2) is 5.90 Å². The molecule has 0 heterocycles. The van der Waals surface area contributed by atoms with Gasteiger partial charge >= 0.3 is 0 Å². The first-order valence-electron chi connectivity index (χ1n) is 3.92. The molecule has 0 saturated heterocycles. The summed E-state index contributed by atoms with van der Waals surface area (Å²) in [4.78, 5) is 4.44. The molecule has 0 atom stereocenters. The van der Waals surface area contributed by atoms with Crippen LogP contribution in [0.5, 0.6) is 5.75 Å². The third-order valence-corrected chi connectivity index (χ3v) is 1.66. The van der Waals surface area contributed by atoms with Crippen LogP contribution >= 0.6 is 0 Å². The van der Waals surface area contributed by atoms with Gasteiger partial charge in [0.25, 0.3) is 0 Å². The zero-order chi connectivity index (χ0) is 8.81. The Morgan fingerprint density at radius 2 is 1.92 bits per heavy atom. The van der Waals surface area contributed by atoms with Crippen molar-refractivity contribution in [1.82, 2.24) is 0 Å². The van der Waals surface area contributed by atoms with Gasteiger partial charge in [-0.15, -0.1) is 0 Å². The Labute approximate surface area is 71.7 Å². The number of phenols is 1. The Kier molecular flexibility index (Phi) is 3.57. The lowest BCUT2D eigenvalue weighted by Crippen LogP contribution is -2.01. The first kappa shape index (κ1) is 9.03. The summed E-state index contributed by atoms with van der Waals surface area (Å²) in [5.41, 5.74) is 1.19. The smallest absolute Gasteiger partial charge is 0.115 e. The van der Waals surface area contributed by atoms with Crippen molar-refractivity contribution in [3.63, 3.8) is 0 Å². The van der Waals surface area contributed by atoms with Crippen molar-refractivity contribution in [2.45, 2.75) is 12.8 Å². The van der Waals surface area contributed by atoms with Gasteiger partial charge in [-0.3, -0.25) is 0 Å². The van der Waals surface area contributed by atoms with Gasteiger partial charge in [0, 0.05) is 0 Å². The van der Waals surface area contributed by atoms with Crippen LogP contribution in [-0.4, -0.2) is 11.7 Å². The number of benzene rings is 1. The van der Waals surface area contributed by atoms with Crippen LogP contribution in [0.1, 0.15) is 12.0 Å². The molecule has 0 spiro atoms. The van der Waals surface area contributed by atoms with Crippen molar-refractivity contribution in [1.29, 1.82) is 0 Å². The Bertz CT molecular complexity index is 220. The molecule has 3 nitrogen and oxygen atoms in total. The van der Waals surface area contributed by atoms with Crippen molar-refractivity contribution in [3.8, 4) is 5.75 Å².